The number of benzene rings is 2. The van der Waals surface area contributed by atoms with Crippen LogP contribution in [-0.2, 0) is 14.4 Å². The molecule has 0 bridgehead atoms. The molecule has 3 heterocycles. The van der Waals surface area contributed by atoms with E-state index in [2.05, 4.69) is 4.98 Å². The van der Waals surface area contributed by atoms with Gasteiger partial charge in [-0.2, -0.15) is 0 Å². The van der Waals surface area contributed by atoms with Gasteiger partial charge in [0.25, 0.3) is 5.91 Å². The van der Waals surface area contributed by atoms with Gasteiger partial charge in [-0.25, -0.2) is 9.96 Å². The van der Waals surface area contributed by atoms with Crippen LogP contribution in [0, 0.1) is 5.92 Å². The lowest BCUT2D eigenvalue weighted by atomic mass is 9.91. The minimum absolute atomic E-state index is 0.286. The molecule has 31 heavy (non-hydrogen) atoms. The maximum absolute atomic E-state index is 13.5. The van der Waals surface area contributed by atoms with E-state index in [0.29, 0.717) is 18.0 Å². The molecule has 3 aromatic rings. The minimum atomic E-state index is -0.899. The maximum atomic E-state index is 13.5. The highest BCUT2D eigenvalue weighted by atomic mass is 16.7. The summed E-state index contributed by atoms with van der Waals surface area (Å²) < 4.78 is 5.46. The lowest BCUT2D eigenvalue weighted by Crippen LogP contribution is -2.37. The number of nitrogens with zero attached hydrogens (tertiary/aromatic N) is 3. The first kappa shape index (κ1) is 19.3. The highest BCUT2D eigenvalue weighted by Crippen LogP contribution is 2.47. The molecular weight excluding hydrogens is 394 g/mol. The maximum Gasteiger partial charge on any atom is 0.266 e. The quantitative estimate of drug-likeness (QED) is 0.594. The molecular formula is C24H21N3O4. The van der Waals surface area contributed by atoms with Crippen LogP contribution in [-0.4, -0.2) is 29.5 Å². The van der Waals surface area contributed by atoms with E-state index in [-0.39, 0.29) is 11.8 Å². The third-order valence-corrected chi connectivity index (χ3v) is 5.56. The molecule has 0 radical (unpaired) electrons. The fourth-order valence-electron chi connectivity index (χ4n) is 4.22. The standard InChI is InChI=1S/C24H21N3O4/c1-2-30-19-12-10-17(11-13-19)26-23(28)20-21(16-7-6-14-25-15-16)27(31-22(20)24(26)29)18-8-4-3-5-9-18/h3-15,20-22H,2H2,1H3/t20-,21-,22+/m0/s1. The Morgan fingerprint density at radius 2 is 1.71 bits per heavy atom. The SMILES string of the molecule is CCOc1ccc(N2C(=O)[C@@H]3[C@@H](ON(c4ccccc4)[C@H]3c3cccnc3)C2=O)cc1. The van der Waals surface area contributed by atoms with Crippen molar-refractivity contribution in [2.75, 3.05) is 16.6 Å². The molecule has 0 N–H and O–H groups in total. The summed E-state index contributed by atoms with van der Waals surface area (Å²) in [5, 5.41) is 1.66. The summed E-state index contributed by atoms with van der Waals surface area (Å²) in [6.07, 6.45) is 2.49. The zero-order valence-corrected chi connectivity index (χ0v) is 16.9. The molecule has 2 aliphatic rings. The molecule has 2 fully saturated rings. The first-order valence-electron chi connectivity index (χ1n) is 10.2. The molecule has 156 valence electrons. The summed E-state index contributed by atoms with van der Waals surface area (Å²) in [6, 6.07) is 19.7. The molecule has 0 unspecified atom stereocenters. The lowest BCUT2D eigenvalue weighted by molar-refractivity contribution is -0.126. The van der Waals surface area contributed by atoms with Crippen LogP contribution in [0.2, 0.25) is 0 Å². The van der Waals surface area contributed by atoms with E-state index in [1.165, 1.54) is 4.90 Å². The van der Waals surface area contributed by atoms with Crippen LogP contribution in [0.1, 0.15) is 18.5 Å². The van der Waals surface area contributed by atoms with Crippen molar-refractivity contribution < 1.29 is 19.2 Å². The van der Waals surface area contributed by atoms with Crippen molar-refractivity contribution in [2.24, 2.45) is 5.92 Å². The minimum Gasteiger partial charge on any atom is -0.494 e. The predicted molar refractivity (Wildman–Crippen MR) is 114 cm³/mol. The van der Waals surface area contributed by atoms with E-state index in [9.17, 15) is 9.59 Å². The van der Waals surface area contributed by atoms with Gasteiger partial charge in [0.05, 0.1) is 24.0 Å². The third kappa shape index (κ3) is 3.23. The van der Waals surface area contributed by atoms with Crippen molar-refractivity contribution in [1.29, 1.82) is 0 Å². The number of aromatic nitrogens is 1. The van der Waals surface area contributed by atoms with Crippen molar-refractivity contribution >= 4 is 23.2 Å². The number of carbonyl (C=O) groups is 2. The zero-order chi connectivity index (χ0) is 21.4. The highest BCUT2D eigenvalue weighted by molar-refractivity contribution is 6.23. The van der Waals surface area contributed by atoms with Gasteiger partial charge in [-0.1, -0.05) is 24.3 Å². The van der Waals surface area contributed by atoms with Crippen LogP contribution >= 0.6 is 0 Å². The second-order valence-corrected chi connectivity index (χ2v) is 7.38. The lowest BCUT2D eigenvalue weighted by Gasteiger charge is -2.28. The van der Waals surface area contributed by atoms with Crippen molar-refractivity contribution in [3.05, 3.63) is 84.7 Å². The molecule has 1 aromatic heterocycles. The average molecular weight is 415 g/mol. The number of fused-ring (bicyclic) bond motifs is 1. The largest absolute Gasteiger partial charge is 0.494 e. The number of hydroxylamine groups is 1. The number of rotatable bonds is 5. The van der Waals surface area contributed by atoms with Crippen molar-refractivity contribution in [3.63, 3.8) is 0 Å². The van der Waals surface area contributed by atoms with Gasteiger partial charge in [-0.3, -0.25) is 19.4 Å². The van der Waals surface area contributed by atoms with Crippen LogP contribution in [0.25, 0.3) is 0 Å². The Morgan fingerprint density at radius 3 is 2.39 bits per heavy atom. The first-order valence-corrected chi connectivity index (χ1v) is 10.2. The summed E-state index contributed by atoms with van der Waals surface area (Å²) in [7, 11) is 0. The van der Waals surface area contributed by atoms with E-state index in [1.54, 1.807) is 41.7 Å². The monoisotopic (exact) mass is 415 g/mol. The number of pyridine rings is 1. The molecule has 7 nitrogen and oxygen atoms in total. The Balaban J connectivity index is 1.52. The van der Waals surface area contributed by atoms with Gasteiger partial charge in [0, 0.05) is 12.4 Å². The second kappa shape index (κ2) is 7.85. The fraction of sp³-hybridized carbons (Fsp3) is 0.208. The number of para-hydroxylation sites is 1. The van der Waals surface area contributed by atoms with E-state index in [1.807, 2.05) is 49.4 Å². The molecule has 2 amide bonds. The van der Waals surface area contributed by atoms with Gasteiger partial charge in [0.2, 0.25) is 5.91 Å². The van der Waals surface area contributed by atoms with E-state index in [0.717, 1.165) is 11.3 Å². The molecule has 3 atom stereocenters. The normalized spacial score (nSPS) is 22.7. The number of carbonyl (C=O) groups excluding carboxylic acids is 2. The van der Waals surface area contributed by atoms with Gasteiger partial charge in [-0.15, -0.1) is 0 Å². The van der Waals surface area contributed by atoms with Crippen molar-refractivity contribution in [3.8, 4) is 5.75 Å². The number of hydrogen-bond acceptors (Lipinski definition) is 6. The molecule has 0 spiro atoms. The van der Waals surface area contributed by atoms with Gasteiger partial charge in [0.15, 0.2) is 6.10 Å². The Hall–Kier alpha value is -3.71. The van der Waals surface area contributed by atoms with Crippen LogP contribution in [0.4, 0.5) is 11.4 Å². The van der Waals surface area contributed by atoms with Crippen LogP contribution in [0.5, 0.6) is 5.75 Å². The summed E-state index contributed by atoms with van der Waals surface area (Å²) in [5.74, 6) is -0.647. The van der Waals surface area contributed by atoms with E-state index < -0.39 is 18.1 Å². The second-order valence-electron chi connectivity index (χ2n) is 7.38. The number of hydrogen-bond donors (Lipinski definition) is 0. The Kier molecular flexibility index (Phi) is 4.88. The van der Waals surface area contributed by atoms with Gasteiger partial charge in [0.1, 0.15) is 11.7 Å². The van der Waals surface area contributed by atoms with Crippen molar-refractivity contribution in [1.82, 2.24) is 4.98 Å². The number of anilines is 2. The van der Waals surface area contributed by atoms with Gasteiger partial charge < -0.3 is 4.74 Å². The van der Waals surface area contributed by atoms with E-state index >= 15 is 0 Å². The summed E-state index contributed by atoms with van der Waals surface area (Å²) in [6.45, 7) is 2.44. The highest BCUT2D eigenvalue weighted by Gasteiger charge is 2.60. The average Bonchev–Trinajstić information content (AvgIpc) is 3.32. The number of imide groups is 1. The van der Waals surface area contributed by atoms with Crippen LogP contribution in [0.3, 0.4) is 0 Å². The summed E-state index contributed by atoms with van der Waals surface area (Å²) >= 11 is 0. The molecule has 5 rings (SSSR count). The topological polar surface area (TPSA) is 72.0 Å². The third-order valence-electron chi connectivity index (χ3n) is 5.56. The van der Waals surface area contributed by atoms with E-state index in [4.69, 9.17) is 9.57 Å². The molecule has 0 aliphatic carbocycles. The molecule has 2 aliphatic heterocycles. The summed E-state index contributed by atoms with van der Waals surface area (Å²) in [5.41, 5.74) is 2.10. The molecule has 7 heteroatoms. The fourth-order valence-corrected chi connectivity index (χ4v) is 4.22. The zero-order valence-electron chi connectivity index (χ0n) is 16.9. The molecule has 0 saturated carbocycles. The Morgan fingerprint density at radius 1 is 0.935 bits per heavy atom. The first-order chi connectivity index (χ1) is 15.2. The predicted octanol–water partition coefficient (Wildman–Crippen LogP) is 3.53. The number of ether oxygens (including phenoxy) is 1. The smallest absolute Gasteiger partial charge is 0.266 e. The van der Waals surface area contributed by atoms with Crippen LogP contribution in [0.15, 0.2) is 79.1 Å². The molecule has 2 saturated heterocycles. The Bertz CT molecular complexity index is 1090. The van der Waals surface area contributed by atoms with Crippen molar-refractivity contribution in [2.45, 2.75) is 19.1 Å². The molecule has 2 aromatic carbocycles. The van der Waals surface area contributed by atoms with Crippen LogP contribution < -0.4 is 14.7 Å². The van der Waals surface area contributed by atoms with Gasteiger partial charge in [-0.05, 0) is 55.0 Å². The Labute approximate surface area is 179 Å². The van der Waals surface area contributed by atoms with Gasteiger partial charge >= 0.3 is 0 Å². The summed E-state index contributed by atoms with van der Waals surface area (Å²) in [4.78, 5) is 38.3. The number of amides is 2.